The van der Waals surface area contributed by atoms with Gasteiger partial charge in [-0.2, -0.15) is 0 Å². The zero-order chi connectivity index (χ0) is 14.6. The molecule has 19 heavy (non-hydrogen) atoms. The number of carbonyl (C=O) groups is 3. The number of hydrogen-bond acceptors (Lipinski definition) is 5. The van der Waals surface area contributed by atoms with Crippen molar-refractivity contribution < 1.29 is 29.0 Å². The summed E-state index contributed by atoms with van der Waals surface area (Å²) in [5, 5.41) is 8.58. The highest BCUT2D eigenvalue weighted by molar-refractivity contribution is 9.10. The Morgan fingerprint density at radius 2 is 1.95 bits per heavy atom. The fraction of sp³-hybridized carbons (Fsp3) is 0.250. The minimum atomic E-state index is -1.17. The van der Waals surface area contributed by atoms with Gasteiger partial charge in [0.15, 0.2) is 12.4 Å². The number of methoxy groups -OCH3 is 1. The Labute approximate surface area is 117 Å². The van der Waals surface area contributed by atoms with Gasteiger partial charge < -0.3 is 14.6 Å². The van der Waals surface area contributed by atoms with Crippen LogP contribution in [0.3, 0.4) is 0 Å². The molecule has 102 valence electrons. The van der Waals surface area contributed by atoms with Crippen molar-refractivity contribution in [3.8, 4) is 5.75 Å². The summed E-state index contributed by atoms with van der Waals surface area (Å²) in [7, 11) is 1.22. The van der Waals surface area contributed by atoms with Gasteiger partial charge in [0, 0.05) is 0 Å². The Morgan fingerprint density at radius 3 is 2.42 bits per heavy atom. The molecule has 1 rings (SSSR count). The lowest BCUT2D eigenvalue weighted by atomic mass is 10.1. The average molecular weight is 331 g/mol. The lowest BCUT2D eigenvalue weighted by molar-refractivity contribution is -0.139. The second-order valence-corrected chi connectivity index (χ2v) is 4.42. The third-order valence-electron chi connectivity index (χ3n) is 2.18. The molecule has 0 atom stereocenters. The molecule has 7 heteroatoms. The maximum absolute atomic E-state index is 11.5. The molecule has 0 aliphatic rings. The van der Waals surface area contributed by atoms with Gasteiger partial charge in [0.25, 0.3) is 0 Å². The van der Waals surface area contributed by atoms with E-state index in [0.717, 1.165) is 0 Å². The monoisotopic (exact) mass is 330 g/mol. The molecule has 0 aliphatic carbocycles. The van der Waals surface area contributed by atoms with Gasteiger partial charge >= 0.3 is 11.9 Å². The molecule has 1 N–H and O–H groups in total. The van der Waals surface area contributed by atoms with Gasteiger partial charge in [-0.1, -0.05) is 0 Å². The van der Waals surface area contributed by atoms with E-state index >= 15 is 0 Å². The lowest BCUT2D eigenvalue weighted by Gasteiger charge is -2.12. The van der Waals surface area contributed by atoms with Crippen LogP contribution in [-0.2, 0) is 9.53 Å². The minimum Gasteiger partial charge on any atom is -0.480 e. The van der Waals surface area contributed by atoms with Crippen molar-refractivity contribution in [3.05, 3.63) is 27.7 Å². The number of ketones is 1. The van der Waals surface area contributed by atoms with Crippen LogP contribution >= 0.6 is 15.9 Å². The van der Waals surface area contributed by atoms with E-state index in [1.54, 1.807) is 0 Å². The van der Waals surface area contributed by atoms with Gasteiger partial charge in [0.05, 0.1) is 22.7 Å². The summed E-state index contributed by atoms with van der Waals surface area (Å²) >= 11 is 3.14. The van der Waals surface area contributed by atoms with Crippen molar-refractivity contribution in [2.75, 3.05) is 13.7 Å². The molecule has 0 aromatic heterocycles. The van der Waals surface area contributed by atoms with Crippen LogP contribution in [0.5, 0.6) is 5.75 Å². The van der Waals surface area contributed by atoms with E-state index < -0.39 is 18.5 Å². The van der Waals surface area contributed by atoms with Crippen LogP contribution in [0.15, 0.2) is 16.6 Å². The summed E-state index contributed by atoms with van der Waals surface area (Å²) in [6.07, 6.45) is 0. The molecular weight excluding hydrogens is 320 g/mol. The Hall–Kier alpha value is -1.89. The average Bonchev–Trinajstić information content (AvgIpc) is 2.35. The summed E-state index contributed by atoms with van der Waals surface area (Å²) in [5.41, 5.74) is 0.276. The smallest absolute Gasteiger partial charge is 0.341 e. The van der Waals surface area contributed by atoms with Crippen molar-refractivity contribution in [1.29, 1.82) is 0 Å². The molecule has 0 amide bonds. The van der Waals surface area contributed by atoms with Crippen molar-refractivity contribution in [2.45, 2.75) is 6.92 Å². The van der Waals surface area contributed by atoms with Gasteiger partial charge in [-0.25, -0.2) is 9.59 Å². The van der Waals surface area contributed by atoms with Crippen molar-refractivity contribution in [3.63, 3.8) is 0 Å². The van der Waals surface area contributed by atoms with Crippen LogP contribution in [0.1, 0.15) is 27.6 Å². The third kappa shape index (κ3) is 3.78. The number of aliphatic carboxylic acids is 1. The van der Waals surface area contributed by atoms with Gasteiger partial charge in [0.2, 0.25) is 0 Å². The number of carbonyl (C=O) groups excluding carboxylic acids is 2. The molecule has 0 fully saturated rings. The highest BCUT2D eigenvalue weighted by atomic mass is 79.9. The summed E-state index contributed by atoms with van der Waals surface area (Å²) in [6, 6.07) is 2.70. The van der Waals surface area contributed by atoms with Crippen LogP contribution in [-0.4, -0.2) is 36.5 Å². The van der Waals surface area contributed by atoms with E-state index in [1.807, 2.05) is 0 Å². The molecule has 0 spiro atoms. The maximum atomic E-state index is 11.5. The van der Waals surface area contributed by atoms with E-state index in [-0.39, 0.29) is 22.7 Å². The summed E-state index contributed by atoms with van der Waals surface area (Å²) in [4.78, 5) is 33.4. The predicted molar refractivity (Wildman–Crippen MR) is 68.6 cm³/mol. The molecule has 0 bridgehead atoms. The highest BCUT2D eigenvalue weighted by Gasteiger charge is 2.18. The number of hydrogen-bond donors (Lipinski definition) is 1. The molecule has 0 saturated heterocycles. The SMILES string of the molecule is COC(=O)c1cc(Br)c(OCC(=O)O)c(C(C)=O)c1. The number of ether oxygens (including phenoxy) is 2. The first kappa shape index (κ1) is 15.2. The van der Waals surface area contributed by atoms with E-state index in [9.17, 15) is 14.4 Å². The van der Waals surface area contributed by atoms with Crippen molar-refractivity contribution in [2.24, 2.45) is 0 Å². The van der Waals surface area contributed by atoms with Gasteiger partial charge in [-0.15, -0.1) is 0 Å². The summed E-state index contributed by atoms with van der Waals surface area (Å²) < 4.78 is 9.91. The van der Waals surface area contributed by atoms with Crippen LogP contribution in [0.25, 0.3) is 0 Å². The zero-order valence-electron chi connectivity index (χ0n) is 10.2. The highest BCUT2D eigenvalue weighted by Crippen LogP contribution is 2.31. The molecule has 0 unspecified atom stereocenters. The number of esters is 1. The Kier molecular flexibility index (Phi) is 5.05. The van der Waals surface area contributed by atoms with E-state index in [2.05, 4.69) is 20.7 Å². The first-order valence-electron chi connectivity index (χ1n) is 5.14. The van der Waals surface area contributed by atoms with Gasteiger partial charge in [-0.3, -0.25) is 4.79 Å². The topological polar surface area (TPSA) is 89.9 Å². The van der Waals surface area contributed by atoms with Crippen LogP contribution in [0.4, 0.5) is 0 Å². The number of carboxylic acid groups (broad SMARTS) is 1. The first-order valence-corrected chi connectivity index (χ1v) is 5.93. The fourth-order valence-electron chi connectivity index (χ4n) is 1.37. The van der Waals surface area contributed by atoms with E-state index in [4.69, 9.17) is 9.84 Å². The Bertz CT molecular complexity index is 537. The molecule has 6 nitrogen and oxygen atoms in total. The lowest BCUT2D eigenvalue weighted by Crippen LogP contribution is -2.13. The molecule has 1 aromatic carbocycles. The van der Waals surface area contributed by atoms with Crippen LogP contribution in [0, 0.1) is 0 Å². The molecular formula is C12H11BrO6. The summed E-state index contributed by atoms with van der Waals surface area (Å²) in [6.45, 7) is 0.701. The fourth-order valence-corrected chi connectivity index (χ4v) is 1.95. The molecule has 0 aliphatic heterocycles. The van der Waals surface area contributed by atoms with Gasteiger partial charge in [-0.05, 0) is 35.0 Å². The number of rotatable bonds is 5. The second-order valence-electron chi connectivity index (χ2n) is 3.56. The number of halogens is 1. The summed E-state index contributed by atoms with van der Waals surface area (Å²) in [5.74, 6) is -2.04. The Morgan fingerprint density at radius 1 is 1.32 bits per heavy atom. The standard InChI is InChI=1S/C12H11BrO6/c1-6(14)8-3-7(12(17)18-2)4-9(13)11(8)19-5-10(15)16/h3-4H,5H2,1-2H3,(H,15,16). The molecule has 1 aromatic rings. The number of benzene rings is 1. The normalized spacial score (nSPS) is 9.84. The van der Waals surface area contributed by atoms with Crippen molar-refractivity contribution in [1.82, 2.24) is 0 Å². The largest absolute Gasteiger partial charge is 0.480 e. The third-order valence-corrected chi connectivity index (χ3v) is 2.77. The van der Waals surface area contributed by atoms with Crippen LogP contribution in [0.2, 0.25) is 0 Å². The zero-order valence-corrected chi connectivity index (χ0v) is 11.8. The quantitative estimate of drug-likeness (QED) is 0.655. The van der Waals surface area contributed by atoms with E-state index in [0.29, 0.717) is 4.47 Å². The first-order chi connectivity index (χ1) is 8.86. The van der Waals surface area contributed by atoms with E-state index in [1.165, 1.54) is 26.2 Å². The van der Waals surface area contributed by atoms with Gasteiger partial charge in [0.1, 0.15) is 5.75 Å². The number of Topliss-reactive ketones (excluding diaryl/α,β-unsaturated/α-hetero) is 1. The predicted octanol–water partition coefficient (Wildman–Crippen LogP) is 1.90. The minimum absolute atomic E-state index is 0.0857. The molecule has 0 radical (unpaired) electrons. The maximum Gasteiger partial charge on any atom is 0.341 e. The van der Waals surface area contributed by atoms with Crippen molar-refractivity contribution >= 4 is 33.7 Å². The Balaban J connectivity index is 3.26. The molecule has 0 saturated carbocycles. The number of carboxylic acids is 1. The molecule has 0 heterocycles. The second kappa shape index (κ2) is 6.33. The van der Waals surface area contributed by atoms with Crippen LogP contribution < -0.4 is 4.74 Å².